The van der Waals surface area contributed by atoms with Gasteiger partial charge in [0.25, 0.3) is 0 Å². The van der Waals surface area contributed by atoms with Gasteiger partial charge in [0.1, 0.15) is 5.82 Å². The Morgan fingerprint density at radius 3 is 3.11 bits per heavy atom. The van der Waals surface area contributed by atoms with Crippen LogP contribution in [-0.2, 0) is 11.2 Å². The van der Waals surface area contributed by atoms with Crippen LogP contribution in [0.1, 0.15) is 5.56 Å². The monoisotopic (exact) mass is 334 g/mol. The molecule has 0 amide bonds. The summed E-state index contributed by atoms with van der Waals surface area (Å²) in [4.78, 5) is 0. The SMILES string of the molecule is NNC(Cc1cc(F)ccc1Br)C1CSCCO1. The van der Waals surface area contributed by atoms with Crippen molar-refractivity contribution in [3.63, 3.8) is 0 Å². The van der Waals surface area contributed by atoms with Gasteiger partial charge in [-0.15, -0.1) is 0 Å². The first-order valence-electron chi connectivity index (χ1n) is 5.80. The highest BCUT2D eigenvalue weighted by molar-refractivity contribution is 9.10. The second-order valence-corrected chi connectivity index (χ2v) is 6.20. The number of ether oxygens (including phenoxy) is 1. The number of nitrogens with one attached hydrogen (secondary N) is 1. The fourth-order valence-corrected chi connectivity index (χ4v) is 3.32. The van der Waals surface area contributed by atoms with Gasteiger partial charge in [-0.1, -0.05) is 15.9 Å². The van der Waals surface area contributed by atoms with Crippen molar-refractivity contribution in [3.05, 3.63) is 34.1 Å². The smallest absolute Gasteiger partial charge is 0.123 e. The Morgan fingerprint density at radius 2 is 2.44 bits per heavy atom. The molecule has 0 bridgehead atoms. The number of rotatable bonds is 4. The molecule has 0 aromatic heterocycles. The molecule has 1 aliphatic rings. The summed E-state index contributed by atoms with van der Waals surface area (Å²) in [6.45, 7) is 0.748. The molecule has 1 fully saturated rings. The van der Waals surface area contributed by atoms with Crippen LogP contribution in [0.5, 0.6) is 0 Å². The predicted molar refractivity (Wildman–Crippen MR) is 76.0 cm³/mol. The number of benzene rings is 1. The molecule has 2 rings (SSSR count). The standard InChI is InChI=1S/C12H16BrFN2OS/c13-10-2-1-9(14)5-8(10)6-11(16-15)12-7-18-4-3-17-12/h1-2,5,11-12,16H,3-4,6-7,15H2. The summed E-state index contributed by atoms with van der Waals surface area (Å²) in [5.74, 6) is 7.30. The van der Waals surface area contributed by atoms with Gasteiger partial charge in [0.05, 0.1) is 18.8 Å². The molecule has 0 radical (unpaired) electrons. The Kier molecular flexibility index (Phi) is 5.44. The number of thioether (sulfide) groups is 1. The van der Waals surface area contributed by atoms with Crippen LogP contribution in [0.3, 0.4) is 0 Å². The Labute approximate surface area is 119 Å². The van der Waals surface area contributed by atoms with E-state index in [1.165, 1.54) is 12.1 Å². The number of hydrazine groups is 1. The van der Waals surface area contributed by atoms with Crippen LogP contribution in [0.15, 0.2) is 22.7 Å². The van der Waals surface area contributed by atoms with E-state index in [1.807, 2.05) is 11.8 Å². The van der Waals surface area contributed by atoms with Gasteiger partial charge in [0, 0.05) is 16.0 Å². The van der Waals surface area contributed by atoms with Crippen LogP contribution in [0.25, 0.3) is 0 Å². The largest absolute Gasteiger partial charge is 0.375 e. The zero-order chi connectivity index (χ0) is 13.0. The molecule has 1 heterocycles. The zero-order valence-electron chi connectivity index (χ0n) is 9.86. The normalized spacial score (nSPS) is 21.8. The van der Waals surface area contributed by atoms with Crippen molar-refractivity contribution in [2.75, 3.05) is 18.1 Å². The maximum atomic E-state index is 13.2. The van der Waals surface area contributed by atoms with E-state index in [-0.39, 0.29) is 18.0 Å². The van der Waals surface area contributed by atoms with Crippen LogP contribution in [0, 0.1) is 5.82 Å². The highest BCUT2D eigenvalue weighted by Crippen LogP contribution is 2.22. The van der Waals surface area contributed by atoms with Crippen LogP contribution < -0.4 is 11.3 Å². The second-order valence-electron chi connectivity index (χ2n) is 4.20. The van der Waals surface area contributed by atoms with E-state index in [1.54, 1.807) is 6.07 Å². The van der Waals surface area contributed by atoms with Crippen LogP contribution in [0.2, 0.25) is 0 Å². The molecule has 1 aromatic carbocycles. The third kappa shape index (κ3) is 3.68. The van der Waals surface area contributed by atoms with Crippen LogP contribution in [0.4, 0.5) is 4.39 Å². The fraction of sp³-hybridized carbons (Fsp3) is 0.500. The molecule has 1 aromatic rings. The topological polar surface area (TPSA) is 47.3 Å². The van der Waals surface area contributed by atoms with E-state index in [0.29, 0.717) is 6.42 Å². The van der Waals surface area contributed by atoms with Crippen molar-refractivity contribution in [2.24, 2.45) is 5.84 Å². The van der Waals surface area contributed by atoms with Crippen molar-refractivity contribution < 1.29 is 9.13 Å². The molecule has 1 aliphatic heterocycles. The molecule has 2 unspecified atom stereocenters. The number of hydrogen-bond donors (Lipinski definition) is 2. The lowest BCUT2D eigenvalue weighted by Gasteiger charge is -2.30. The van der Waals surface area contributed by atoms with Crippen molar-refractivity contribution >= 4 is 27.7 Å². The Balaban J connectivity index is 2.06. The van der Waals surface area contributed by atoms with Crippen LogP contribution >= 0.6 is 27.7 Å². The average Bonchev–Trinajstić information content (AvgIpc) is 2.41. The summed E-state index contributed by atoms with van der Waals surface area (Å²) in [7, 11) is 0. The first-order chi connectivity index (χ1) is 8.70. The molecule has 3 nitrogen and oxygen atoms in total. The third-order valence-electron chi connectivity index (χ3n) is 2.95. The molecular formula is C12H16BrFN2OS. The van der Waals surface area contributed by atoms with E-state index in [0.717, 1.165) is 28.1 Å². The molecule has 1 saturated heterocycles. The second kappa shape index (κ2) is 6.86. The number of nitrogens with two attached hydrogens (primary N) is 1. The predicted octanol–water partition coefficient (Wildman–Crippen LogP) is 2.09. The highest BCUT2D eigenvalue weighted by Gasteiger charge is 2.24. The van der Waals surface area contributed by atoms with Crippen molar-refractivity contribution in [2.45, 2.75) is 18.6 Å². The van der Waals surface area contributed by atoms with Crippen molar-refractivity contribution in [1.29, 1.82) is 0 Å². The summed E-state index contributed by atoms with van der Waals surface area (Å²) in [6.07, 6.45) is 0.712. The van der Waals surface area contributed by atoms with Gasteiger partial charge in [0.15, 0.2) is 0 Å². The number of hydrogen-bond acceptors (Lipinski definition) is 4. The maximum absolute atomic E-state index is 13.2. The lowest BCUT2D eigenvalue weighted by Crippen LogP contribution is -2.49. The van der Waals surface area contributed by atoms with Gasteiger partial charge in [-0.25, -0.2) is 4.39 Å². The molecule has 18 heavy (non-hydrogen) atoms. The van der Waals surface area contributed by atoms with Crippen molar-refractivity contribution in [1.82, 2.24) is 5.43 Å². The van der Waals surface area contributed by atoms with Crippen LogP contribution in [-0.4, -0.2) is 30.3 Å². The van der Waals surface area contributed by atoms with E-state index >= 15 is 0 Å². The molecule has 3 N–H and O–H groups in total. The average molecular weight is 335 g/mol. The molecule has 0 aliphatic carbocycles. The zero-order valence-corrected chi connectivity index (χ0v) is 12.3. The molecule has 0 saturated carbocycles. The Hall–Kier alpha value is -0.140. The minimum atomic E-state index is -0.233. The van der Waals surface area contributed by atoms with E-state index < -0.39 is 0 Å². The summed E-state index contributed by atoms with van der Waals surface area (Å²) in [5, 5.41) is 0. The van der Waals surface area contributed by atoms with E-state index in [4.69, 9.17) is 10.6 Å². The van der Waals surface area contributed by atoms with E-state index in [2.05, 4.69) is 21.4 Å². The summed E-state index contributed by atoms with van der Waals surface area (Å²) >= 11 is 5.29. The molecule has 6 heteroatoms. The fourth-order valence-electron chi connectivity index (χ4n) is 1.97. The van der Waals surface area contributed by atoms with Crippen molar-refractivity contribution in [3.8, 4) is 0 Å². The van der Waals surface area contributed by atoms with Gasteiger partial charge in [-0.2, -0.15) is 11.8 Å². The molecule has 0 spiro atoms. The van der Waals surface area contributed by atoms with Gasteiger partial charge in [-0.05, 0) is 30.2 Å². The highest BCUT2D eigenvalue weighted by atomic mass is 79.9. The Morgan fingerprint density at radius 1 is 1.61 bits per heavy atom. The Bertz CT molecular complexity index is 402. The van der Waals surface area contributed by atoms with Gasteiger partial charge < -0.3 is 4.74 Å². The van der Waals surface area contributed by atoms with Gasteiger partial charge in [-0.3, -0.25) is 11.3 Å². The molecule has 100 valence electrons. The minimum absolute atomic E-state index is 0.00380. The third-order valence-corrected chi connectivity index (χ3v) is 4.75. The summed E-state index contributed by atoms with van der Waals surface area (Å²) in [6, 6.07) is 4.68. The maximum Gasteiger partial charge on any atom is 0.123 e. The van der Waals surface area contributed by atoms with Gasteiger partial charge >= 0.3 is 0 Å². The lowest BCUT2D eigenvalue weighted by atomic mass is 10.0. The summed E-state index contributed by atoms with van der Waals surface area (Å²) < 4.78 is 19.8. The van der Waals surface area contributed by atoms with Gasteiger partial charge in [0.2, 0.25) is 0 Å². The lowest BCUT2D eigenvalue weighted by molar-refractivity contribution is 0.0471. The minimum Gasteiger partial charge on any atom is -0.375 e. The van der Waals surface area contributed by atoms with E-state index in [9.17, 15) is 4.39 Å². The number of halogens is 2. The first kappa shape index (κ1) is 14.3. The molecular weight excluding hydrogens is 319 g/mol. The first-order valence-corrected chi connectivity index (χ1v) is 7.75. The quantitative estimate of drug-likeness (QED) is 0.653. The molecule has 2 atom stereocenters. The summed E-state index contributed by atoms with van der Waals surface area (Å²) in [5.41, 5.74) is 3.69.